The lowest BCUT2D eigenvalue weighted by Gasteiger charge is -2.26. The van der Waals surface area contributed by atoms with Crippen LogP contribution in [0.25, 0.3) is 22.0 Å². The Hall–Kier alpha value is -3.54. The minimum absolute atomic E-state index is 0.100. The van der Waals surface area contributed by atoms with Gasteiger partial charge in [0.1, 0.15) is 5.92 Å². The van der Waals surface area contributed by atoms with Gasteiger partial charge in [0.05, 0.1) is 5.92 Å². The summed E-state index contributed by atoms with van der Waals surface area (Å²) in [6.07, 6.45) is -4.75. The number of hydrogen-bond donors (Lipinski definition) is 2. The van der Waals surface area contributed by atoms with Gasteiger partial charge < -0.3 is 10.1 Å². The summed E-state index contributed by atoms with van der Waals surface area (Å²) in [5, 5.41) is 10.4. The number of carbonyl (C=O) groups is 1. The third kappa shape index (κ3) is 3.81. The second-order valence-electron chi connectivity index (χ2n) is 7.14. The lowest BCUT2D eigenvalue weighted by atomic mass is 9.82. The molecule has 0 amide bonds. The standard InChI is InChI=1S/C24H18F3NO2/c25-24(26,27)22(20-14-18-8-4-5-9-19(18)28-20)21(23(29)30)17-12-10-16(11-13-17)15-6-2-1-3-7-15/h1-14,21-22,28H,(H,29,30)/t21?,22-/m0/s1. The summed E-state index contributed by atoms with van der Waals surface area (Å²) in [6.45, 7) is 0. The molecule has 1 unspecified atom stereocenters. The molecule has 4 rings (SSSR count). The minimum Gasteiger partial charge on any atom is -0.481 e. The van der Waals surface area contributed by atoms with Gasteiger partial charge in [-0.1, -0.05) is 72.8 Å². The largest absolute Gasteiger partial charge is 0.481 e. The van der Waals surface area contributed by atoms with Crippen LogP contribution in [0, 0.1) is 0 Å². The van der Waals surface area contributed by atoms with Crippen LogP contribution in [0.2, 0.25) is 0 Å². The molecule has 3 nitrogen and oxygen atoms in total. The van der Waals surface area contributed by atoms with Crippen LogP contribution in [0.5, 0.6) is 0 Å². The van der Waals surface area contributed by atoms with Gasteiger partial charge in [-0.05, 0) is 34.2 Å². The Morgan fingerprint density at radius 3 is 2.03 bits per heavy atom. The van der Waals surface area contributed by atoms with Gasteiger partial charge in [0.2, 0.25) is 0 Å². The summed E-state index contributed by atoms with van der Waals surface area (Å²) in [5.41, 5.74) is 2.17. The van der Waals surface area contributed by atoms with E-state index in [0.717, 1.165) is 11.1 Å². The molecular formula is C24H18F3NO2. The number of hydrogen-bond acceptors (Lipinski definition) is 1. The maximum Gasteiger partial charge on any atom is 0.398 e. The van der Waals surface area contributed by atoms with Crippen LogP contribution in [0.1, 0.15) is 23.1 Å². The van der Waals surface area contributed by atoms with Gasteiger partial charge in [-0.15, -0.1) is 0 Å². The first-order valence-electron chi connectivity index (χ1n) is 9.37. The van der Waals surface area contributed by atoms with E-state index in [0.29, 0.717) is 10.9 Å². The van der Waals surface area contributed by atoms with Gasteiger partial charge in [0.25, 0.3) is 0 Å². The highest BCUT2D eigenvalue weighted by Gasteiger charge is 2.50. The topological polar surface area (TPSA) is 53.1 Å². The highest BCUT2D eigenvalue weighted by atomic mass is 19.4. The Labute approximate surface area is 170 Å². The third-order valence-corrected chi connectivity index (χ3v) is 5.21. The first-order valence-corrected chi connectivity index (χ1v) is 9.37. The number of benzene rings is 3. The molecule has 1 heterocycles. The number of fused-ring (bicyclic) bond motifs is 1. The monoisotopic (exact) mass is 409 g/mol. The lowest BCUT2D eigenvalue weighted by Crippen LogP contribution is -2.31. The van der Waals surface area contributed by atoms with E-state index in [9.17, 15) is 23.1 Å². The van der Waals surface area contributed by atoms with E-state index >= 15 is 0 Å². The van der Waals surface area contributed by atoms with Gasteiger partial charge in [-0.2, -0.15) is 13.2 Å². The number of halogens is 3. The van der Waals surface area contributed by atoms with Crippen molar-refractivity contribution in [3.63, 3.8) is 0 Å². The summed E-state index contributed by atoms with van der Waals surface area (Å²) in [6, 6.07) is 23.7. The fraction of sp³-hybridized carbons (Fsp3) is 0.125. The zero-order valence-corrected chi connectivity index (χ0v) is 15.7. The highest BCUT2D eigenvalue weighted by molar-refractivity contribution is 5.82. The van der Waals surface area contributed by atoms with Crippen molar-refractivity contribution in [1.29, 1.82) is 0 Å². The third-order valence-electron chi connectivity index (χ3n) is 5.21. The average molecular weight is 409 g/mol. The van der Waals surface area contributed by atoms with E-state index in [1.165, 1.54) is 18.2 Å². The SMILES string of the molecule is O=C(O)C(c1ccc(-c2ccccc2)cc1)[C@H](c1cc2ccccc2[nH]1)C(F)(F)F. The number of rotatable bonds is 5. The molecule has 0 saturated heterocycles. The van der Waals surface area contributed by atoms with E-state index < -0.39 is 24.0 Å². The smallest absolute Gasteiger partial charge is 0.398 e. The Balaban J connectivity index is 1.78. The molecule has 1 aromatic heterocycles. The highest BCUT2D eigenvalue weighted by Crippen LogP contribution is 2.45. The van der Waals surface area contributed by atoms with Gasteiger partial charge in [0.15, 0.2) is 0 Å². The average Bonchev–Trinajstić information content (AvgIpc) is 3.15. The van der Waals surface area contributed by atoms with Crippen LogP contribution in [0.4, 0.5) is 13.2 Å². The molecule has 2 atom stereocenters. The van der Waals surface area contributed by atoms with Gasteiger partial charge in [0, 0.05) is 11.2 Å². The van der Waals surface area contributed by atoms with Crippen LogP contribution in [-0.4, -0.2) is 22.2 Å². The first-order chi connectivity index (χ1) is 14.3. The predicted molar refractivity (Wildman–Crippen MR) is 109 cm³/mol. The molecule has 0 aliphatic carbocycles. The van der Waals surface area contributed by atoms with Crippen molar-refractivity contribution in [2.24, 2.45) is 0 Å². The molecule has 0 fully saturated rings. The van der Waals surface area contributed by atoms with Crippen molar-refractivity contribution in [3.05, 3.63) is 96.2 Å². The van der Waals surface area contributed by atoms with Crippen LogP contribution in [0.15, 0.2) is 84.9 Å². The molecule has 0 aliphatic rings. The summed E-state index contributed by atoms with van der Waals surface area (Å²) >= 11 is 0. The minimum atomic E-state index is -4.75. The van der Waals surface area contributed by atoms with Crippen LogP contribution in [-0.2, 0) is 4.79 Å². The Bertz CT molecular complexity index is 1130. The molecule has 30 heavy (non-hydrogen) atoms. The molecule has 0 saturated carbocycles. The second kappa shape index (κ2) is 7.71. The zero-order valence-electron chi connectivity index (χ0n) is 15.7. The Kier molecular flexibility index (Phi) is 5.08. The van der Waals surface area contributed by atoms with E-state index in [1.54, 1.807) is 36.4 Å². The molecule has 0 spiro atoms. The Morgan fingerprint density at radius 1 is 0.833 bits per heavy atom. The maximum absolute atomic E-state index is 14.1. The van der Waals surface area contributed by atoms with Gasteiger partial charge in [-0.25, -0.2) is 0 Å². The second-order valence-corrected chi connectivity index (χ2v) is 7.14. The van der Waals surface area contributed by atoms with Crippen molar-refractivity contribution in [1.82, 2.24) is 4.98 Å². The number of aromatic nitrogens is 1. The van der Waals surface area contributed by atoms with Crippen LogP contribution < -0.4 is 0 Å². The van der Waals surface area contributed by atoms with Crippen molar-refractivity contribution < 1.29 is 23.1 Å². The fourth-order valence-electron chi connectivity index (χ4n) is 3.80. The lowest BCUT2D eigenvalue weighted by molar-refractivity contribution is -0.168. The zero-order chi connectivity index (χ0) is 21.3. The summed E-state index contributed by atoms with van der Waals surface area (Å²) in [4.78, 5) is 14.8. The van der Waals surface area contributed by atoms with E-state index in [2.05, 4.69) is 4.98 Å². The molecule has 6 heteroatoms. The number of aromatic amines is 1. The molecule has 152 valence electrons. The number of nitrogens with one attached hydrogen (secondary N) is 1. The molecule has 0 bridgehead atoms. The molecule has 4 aromatic rings. The van der Waals surface area contributed by atoms with Gasteiger partial charge in [-0.3, -0.25) is 4.79 Å². The predicted octanol–water partition coefficient (Wildman–Crippen LogP) is 6.35. The van der Waals surface area contributed by atoms with Gasteiger partial charge >= 0.3 is 12.1 Å². The fourth-order valence-corrected chi connectivity index (χ4v) is 3.80. The summed E-state index contributed by atoms with van der Waals surface area (Å²) in [5.74, 6) is -5.50. The van der Waals surface area contributed by atoms with Crippen molar-refractivity contribution >= 4 is 16.9 Å². The summed E-state index contributed by atoms with van der Waals surface area (Å²) < 4.78 is 42.3. The molecular weight excluding hydrogens is 391 g/mol. The van der Waals surface area contributed by atoms with Crippen LogP contribution in [0.3, 0.4) is 0 Å². The first kappa shape index (κ1) is 19.8. The normalized spacial score (nSPS) is 13.8. The maximum atomic E-state index is 14.1. The number of H-pyrrole nitrogens is 1. The quantitative estimate of drug-likeness (QED) is 0.404. The number of carboxylic acid groups (broad SMARTS) is 1. The van der Waals surface area contributed by atoms with E-state index in [1.807, 2.05) is 30.3 Å². The van der Waals surface area contributed by atoms with Crippen molar-refractivity contribution in [2.75, 3.05) is 0 Å². The molecule has 2 N–H and O–H groups in total. The summed E-state index contributed by atoms with van der Waals surface area (Å²) in [7, 11) is 0. The number of aliphatic carboxylic acids is 1. The number of para-hydroxylation sites is 1. The van der Waals surface area contributed by atoms with Crippen molar-refractivity contribution in [3.8, 4) is 11.1 Å². The number of carboxylic acids is 1. The molecule has 0 aliphatic heterocycles. The molecule has 3 aromatic carbocycles. The van der Waals surface area contributed by atoms with E-state index in [4.69, 9.17) is 0 Å². The van der Waals surface area contributed by atoms with E-state index in [-0.39, 0.29) is 11.3 Å². The number of alkyl halides is 3. The van der Waals surface area contributed by atoms with Crippen molar-refractivity contribution in [2.45, 2.75) is 18.0 Å². The molecule has 0 radical (unpaired) electrons. The Morgan fingerprint density at radius 2 is 1.43 bits per heavy atom. The van der Waals surface area contributed by atoms with Crippen LogP contribution >= 0.6 is 0 Å².